The molecule has 0 spiro atoms. The Bertz CT molecular complexity index is 1370. The number of piperazine rings is 1. The van der Waals surface area contributed by atoms with Gasteiger partial charge in [0.15, 0.2) is 0 Å². The molecule has 3 aromatic carbocycles. The number of hydrogen-bond donors (Lipinski definition) is 0. The number of methoxy groups -OCH3 is 1. The number of benzene rings is 3. The molecule has 1 aliphatic heterocycles. The molecule has 38 heavy (non-hydrogen) atoms. The fraction of sp³-hybridized carbons (Fsp3) is 0.276. The molecule has 0 N–H and O–H groups in total. The maximum absolute atomic E-state index is 13.4. The van der Waals surface area contributed by atoms with Crippen LogP contribution in [0.1, 0.15) is 21.5 Å². The molecule has 0 bridgehead atoms. The number of rotatable bonds is 8. The van der Waals surface area contributed by atoms with Crippen molar-refractivity contribution in [3.63, 3.8) is 0 Å². The average molecular weight is 556 g/mol. The third kappa shape index (κ3) is 6.56. The van der Waals surface area contributed by atoms with Crippen molar-refractivity contribution in [3.05, 3.63) is 95.6 Å². The van der Waals surface area contributed by atoms with Crippen LogP contribution in [0.3, 0.4) is 0 Å². The van der Waals surface area contributed by atoms with E-state index in [0.29, 0.717) is 30.1 Å². The van der Waals surface area contributed by atoms with Crippen LogP contribution >= 0.6 is 12.4 Å². The number of carbonyl (C=O) groups excluding carboxylic acids is 1. The number of halogens is 1. The lowest BCUT2D eigenvalue weighted by Gasteiger charge is -2.34. The quantitative estimate of drug-likeness (QED) is 0.402. The summed E-state index contributed by atoms with van der Waals surface area (Å²) < 4.78 is 33.4. The van der Waals surface area contributed by atoms with Gasteiger partial charge in [-0.3, -0.25) is 14.0 Å². The second kappa shape index (κ2) is 13.0. The molecule has 1 heterocycles. The van der Waals surface area contributed by atoms with Gasteiger partial charge >= 0.3 is 0 Å². The van der Waals surface area contributed by atoms with Gasteiger partial charge in [0.25, 0.3) is 15.9 Å². The summed E-state index contributed by atoms with van der Waals surface area (Å²) in [5.41, 5.74) is 2.75. The molecule has 1 amide bonds. The van der Waals surface area contributed by atoms with Crippen LogP contribution in [0.2, 0.25) is 0 Å². The van der Waals surface area contributed by atoms with Crippen LogP contribution in [0, 0.1) is 6.92 Å². The Kier molecular flexibility index (Phi) is 9.96. The zero-order chi connectivity index (χ0) is 26.4. The van der Waals surface area contributed by atoms with Crippen molar-refractivity contribution < 1.29 is 17.9 Å². The maximum Gasteiger partial charge on any atom is 0.264 e. The Morgan fingerprint density at radius 2 is 1.63 bits per heavy atom. The van der Waals surface area contributed by atoms with Crippen molar-refractivity contribution in [2.24, 2.45) is 0 Å². The Morgan fingerprint density at radius 3 is 2.32 bits per heavy atom. The van der Waals surface area contributed by atoms with E-state index >= 15 is 0 Å². The smallest absolute Gasteiger partial charge is 0.264 e. The molecule has 202 valence electrons. The number of carbonyl (C=O) groups is 1. The van der Waals surface area contributed by atoms with Crippen molar-refractivity contribution in [3.8, 4) is 5.75 Å². The predicted octanol–water partition coefficient (Wildman–Crippen LogP) is 4.72. The zero-order valence-electron chi connectivity index (χ0n) is 21.9. The third-order valence-electron chi connectivity index (χ3n) is 6.66. The molecule has 9 heteroatoms. The number of ether oxygens (including phenoxy) is 1. The molecule has 0 unspecified atom stereocenters. The fourth-order valence-corrected chi connectivity index (χ4v) is 5.61. The fourth-order valence-electron chi connectivity index (χ4n) is 4.38. The van der Waals surface area contributed by atoms with Crippen LogP contribution in [-0.4, -0.2) is 71.0 Å². The summed E-state index contributed by atoms with van der Waals surface area (Å²) in [5, 5.41) is 0. The Labute approximate surface area is 231 Å². The van der Waals surface area contributed by atoms with Gasteiger partial charge in [-0.05, 0) is 42.3 Å². The van der Waals surface area contributed by atoms with Gasteiger partial charge in [0.05, 0.1) is 17.7 Å². The first kappa shape index (κ1) is 29.2. The van der Waals surface area contributed by atoms with Crippen molar-refractivity contribution >= 4 is 40.1 Å². The van der Waals surface area contributed by atoms with Crippen LogP contribution in [0.5, 0.6) is 5.75 Å². The maximum atomic E-state index is 13.4. The number of aryl methyl sites for hydroxylation is 1. The lowest BCUT2D eigenvalue weighted by Crippen LogP contribution is -2.48. The summed E-state index contributed by atoms with van der Waals surface area (Å²) in [6, 6.07) is 21.8. The zero-order valence-corrected chi connectivity index (χ0v) is 23.5. The van der Waals surface area contributed by atoms with Gasteiger partial charge in [-0.1, -0.05) is 60.7 Å². The molecular formula is C29H34ClN3O4S. The second-order valence-electron chi connectivity index (χ2n) is 9.03. The van der Waals surface area contributed by atoms with Gasteiger partial charge in [-0.25, -0.2) is 8.42 Å². The highest BCUT2D eigenvalue weighted by Gasteiger charge is 2.27. The highest BCUT2D eigenvalue weighted by Crippen LogP contribution is 2.31. The monoisotopic (exact) mass is 555 g/mol. The normalized spacial score (nSPS) is 14.2. The molecule has 0 aromatic heterocycles. The molecule has 0 atom stereocenters. The minimum atomic E-state index is -3.90. The lowest BCUT2D eigenvalue weighted by molar-refractivity contribution is 0.0649. The van der Waals surface area contributed by atoms with Crippen molar-refractivity contribution in [2.75, 3.05) is 51.2 Å². The number of hydrogen-bond acceptors (Lipinski definition) is 5. The number of amides is 1. The summed E-state index contributed by atoms with van der Waals surface area (Å²) in [7, 11) is -0.916. The Morgan fingerprint density at radius 1 is 0.974 bits per heavy atom. The van der Waals surface area contributed by atoms with Gasteiger partial charge in [-0.2, -0.15) is 0 Å². The van der Waals surface area contributed by atoms with Crippen LogP contribution in [0.4, 0.5) is 5.69 Å². The van der Waals surface area contributed by atoms with Crippen molar-refractivity contribution in [2.45, 2.75) is 11.8 Å². The summed E-state index contributed by atoms with van der Waals surface area (Å²) in [6.07, 6.45) is 4.25. The van der Waals surface area contributed by atoms with Crippen molar-refractivity contribution in [1.82, 2.24) is 9.80 Å². The molecule has 1 fully saturated rings. The number of nitrogens with zero attached hydrogens (tertiary/aromatic N) is 3. The molecule has 0 aliphatic carbocycles. The molecule has 1 saturated heterocycles. The molecule has 1 aliphatic rings. The number of anilines is 1. The number of para-hydroxylation sites is 2. The minimum absolute atomic E-state index is 0. The van der Waals surface area contributed by atoms with Gasteiger partial charge in [0.2, 0.25) is 0 Å². The molecular weight excluding hydrogens is 522 g/mol. The second-order valence-corrected chi connectivity index (χ2v) is 11.0. The summed E-state index contributed by atoms with van der Waals surface area (Å²) in [5.74, 6) is 0.308. The molecule has 0 radical (unpaired) electrons. The van der Waals surface area contributed by atoms with E-state index in [1.165, 1.54) is 24.5 Å². The third-order valence-corrected chi connectivity index (χ3v) is 8.42. The highest BCUT2D eigenvalue weighted by molar-refractivity contribution is 7.92. The first-order valence-electron chi connectivity index (χ1n) is 12.3. The average Bonchev–Trinajstić information content (AvgIpc) is 2.93. The molecule has 3 aromatic rings. The molecule has 4 rings (SSSR count). The van der Waals surface area contributed by atoms with Crippen LogP contribution in [0.15, 0.2) is 83.8 Å². The molecule has 7 nitrogen and oxygen atoms in total. The van der Waals surface area contributed by atoms with E-state index in [0.717, 1.165) is 30.8 Å². The molecule has 0 saturated carbocycles. The van der Waals surface area contributed by atoms with Crippen LogP contribution in [-0.2, 0) is 10.0 Å². The van der Waals surface area contributed by atoms with Crippen LogP contribution < -0.4 is 9.04 Å². The number of sulfonamides is 1. The summed E-state index contributed by atoms with van der Waals surface area (Å²) in [4.78, 5) is 17.6. The SMILES string of the molecule is COc1ccccc1N(C)S(=O)(=O)c1ccc(C)c(C(=O)N2CCN(CC=Cc3ccccc3)CC2)c1.Cl. The predicted molar refractivity (Wildman–Crippen MR) is 155 cm³/mol. The Balaban J connectivity index is 0.00000400. The first-order valence-corrected chi connectivity index (χ1v) is 13.7. The van der Waals surface area contributed by atoms with E-state index in [4.69, 9.17) is 4.74 Å². The van der Waals surface area contributed by atoms with Crippen molar-refractivity contribution in [1.29, 1.82) is 0 Å². The van der Waals surface area contributed by atoms with Gasteiger partial charge in [0.1, 0.15) is 5.75 Å². The largest absolute Gasteiger partial charge is 0.495 e. The van der Waals surface area contributed by atoms with E-state index in [1.54, 1.807) is 41.3 Å². The van der Waals surface area contributed by atoms with E-state index in [9.17, 15) is 13.2 Å². The lowest BCUT2D eigenvalue weighted by atomic mass is 10.1. The summed E-state index contributed by atoms with van der Waals surface area (Å²) in [6.45, 7) is 5.36. The van der Waals surface area contributed by atoms with E-state index in [-0.39, 0.29) is 23.2 Å². The van der Waals surface area contributed by atoms with E-state index in [2.05, 4.69) is 29.2 Å². The van der Waals surface area contributed by atoms with Gasteiger partial charge < -0.3 is 9.64 Å². The van der Waals surface area contributed by atoms with Crippen LogP contribution in [0.25, 0.3) is 6.08 Å². The van der Waals surface area contributed by atoms with Gasteiger partial charge in [-0.15, -0.1) is 12.4 Å². The summed E-state index contributed by atoms with van der Waals surface area (Å²) >= 11 is 0. The minimum Gasteiger partial charge on any atom is -0.495 e. The van der Waals surface area contributed by atoms with E-state index < -0.39 is 10.0 Å². The van der Waals surface area contributed by atoms with E-state index in [1.807, 2.05) is 25.1 Å². The standard InChI is InChI=1S/C29H33N3O4S.ClH/c1-23-15-16-25(37(34,35)30(2)27-13-7-8-14-28(27)36-3)22-26(23)29(33)32-20-18-31(19-21-32)17-9-12-24-10-5-4-6-11-24;/h4-16,22H,17-21H2,1-3H3;1H. The first-order chi connectivity index (χ1) is 17.8. The van der Waals surface area contributed by atoms with Gasteiger partial charge in [0, 0.05) is 45.3 Å². The Hall–Kier alpha value is -3.33. The topological polar surface area (TPSA) is 70.2 Å². The highest BCUT2D eigenvalue weighted by atomic mass is 35.5.